The van der Waals surface area contributed by atoms with E-state index < -0.39 is 11.4 Å². The highest BCUT2D eigenvalue weighted by molar-refractivity contribution is 9.10. The van der Waals surface area contributed by atoms with E-state index >= 15 is 0 Å². The van der Waals surface area contributed by atoms with E-state index in [9.17, 15) is 9.59 Å². The summed E-state index contributed by atoms with van der Waals surface area (Å²) in [5, 5.41) is 5.96. The van der Waals surface area contributed by atoms with Crippen LogP contribution < -0.4 is 10.6 Å². The normalized spacial score (nSPS) is 11.0. The highest BCUT2D eigenvalue weighted by Crippen LogP contribution is 2.20. The van der Waals surface area contributed by atoms with E-state index in [0.717, 1.165) is 0 Å². The van der Waals surface area contributed by atoms with Crippen molar-refractivity contribution in [2.45, 2.75) is 27.2 Å². The third kappa shape index (κ3) is 5.95. The minimum Gasteiger partial charge on any atom is -0.465 e. The Morgan fingerprint density at radius 1 is 1.39 bits per heavy atom. The summed E-state index contributed by atoms with van der Waals surface area (Å²) >= 11 is 9.03. The molecule has 0 spiro atoms. The van der Waals surface area contributed by atoms with Crippen molar-refractivity contribution in [1.82, 2.24) is 15.3 Å². The number of nitrogens with zero attached hydrogens (tertiary/aromatic N) is 2. The van der Waals surface area contributed by atoms with Crippen LogP contribution in [0.15, 0.2) is 10.7 Å². The smallest absolute Gasteiger partial charge is 0.321 e. The Kier molecular flexibility index (Phi) is 7.70. The zero-order chi connectivity index (χ0) is 17.5. The molecule has 0 bridgehead atoms. The van der Waals surface area contributed by atoms with Gasteiger partial charge in [-0.3, -0.25) is 9.59 Å². The molecule has 0 aliphatic carbocycles. The second-order valence-corrected chi connectivity index (χ2v) is 6.41. The second kappa shape index (κ2) is 9.02. The van der Waals surface area contributed by atoms with Crippen LogP contribution in [0.3, 0.4) is 0 Å². The first-order valence-electron chi connectivity index (χ1n) is 7.16. The van der Waals surface area contributed by atoms with Gasteiger partial charge in [-0.05, 0) is 54.7 Å². The van der Waals surface area contributed by atoms with Gasteiger partial charge in [-0.25, -0.2) is 4.98 Å². The third-order valence-corrected chi connectivity index (χ3v) is 3.76. The number of amides is 1. The molecule has 0 unspecified atom stereocenters. The van der Waals surface area contributed by atoms with Gasteiger partial charge in [-0.1, -0.05) is 0 Å². The number of nitrogens with one attached hydrogen (secondary N) is 2. The molecule has 0 atom stereocenters. The molecule has 1 amide bonds. The van der Waals surface area contributed by atoms with E-state index in [-0.39, 0.29) is 17.8 Å². The molecule has 0 radical (unpaired) electrons. The maximum atomic E-state index is 12.0. The summed E-state index contributed by atoms with van der Waals surface area (Å²) in [7, 11) is 0. The Labute approximate surface area is 148 Å². The fourth-order valence-corrected chi connectivity index (χ4v) is 2.06. The van der Waals surface area contributed by atoms with Crippen LogP contribution in [-0.2, 0) is 14.3 Å². The van der Waals surface area contributed by atoms with Crippen LogP contribution in [0.25, 0.3) is 0 Å². The Morgan fingerprint density at radius 3 is 2.74 bits per heavy atom. The van der Waals surface area contributed by atoms with Crippen molar-refractivity contribution in [3.63, 3.8) is 0 Å². The fourth-order valence-electron chi connectivity index (χ4n) is 1.59. The molecule has 0 saturated carbocycles. The van der Waals surface area contributed by atoms with E-state index in [0.29, 0.717) is 29.8 Å². The average Bonchev–Trinajstić information content (AvgIpc) is 2.50. The second-order valence-electron chi connectivity index (χ2n) is 5.22. The lowest BCUT2D eigenvalue weighted by atomic mass is 9.92. The summed E-state index contributed by atoms with van der Waals surface area (Å²) in [5.41, 5.74) is -1.20. The van der Waals surface area contributed by atoms with E-state index in [2.05, 4.69) is 36.5 Å². The highest BCUT2D eigenvalue weighted by Gasteiger charge is 2.37. The van der Waals surface area contributed by atoms with E-state index in [1.54, 1.807) is 27.0 Å². The standard InChI is InChI=1S/C14H20BrClN4O3/c1-4-23-12(22)14(2,3)11(21)18-7-5-6-17-10-9(15)8-19-13(16)20-10/h8H,4-7H2,1-3H3,(H,18,21)(H,17,19,20). The summed E-state index contributed by atoms with van der Waals surface area (Å²) in [4.78, 5) is 31.6. The van der Waals surface area contributed by atoms with E-state index in [1.807, 2.05) is 0 Å². The first-order chi connectivity index (χ1) is 10.8. The maximum Gasteiger partial charge on any atom is 0.321 e. The number of carbonyl (C=O) groups excluding carboxylic acids is 2. The van der Waals surface area contributed by atoms with Gasteiger partial charge in [0, 0.05) is 19.3 Å². The van der Waals surface area contributed by atoms with Gasteiger partial charge in [0.2, 0.25) is 11.2 Å². The summed E-state index contributed by atoms with van der Waals surface area (Å²) in [6.45, 7) is 6.03. The predicted molar refractivity (Wildman–Crippen MR) is 91.3 cm³/mol. The van der Waals surface area contributed by atoms with Crippen molar-refractivity contribution in [3.05, 3.63) is 16.0 Å². The third-order valence-electron chi connectivity index (χ3n) is 3.00. The molecule has 1 aromatic heterocycles. The molecule has 1 aromatic rings. The lowest BCUT2D eigenvalue weighted by molar-refractivity contribution is -0.158. The van der Waals surface area contributed by atoms with E-state index in [1.165, 1.54) is 0 Å². The molecule has 128 valence electrons. The fraction of sp³-hybridized carbons (Fsp3) is 0.571. The van der Waals surface area contributed by atoms with Gasteiger partial charge in [0.15, 0.2) is 0 Å². The molecule has 0 fully saturated rings. The Bertz CT molecular complexity index is 569. The number of anilines is 1. The van der Waals surface area contributed by atoms with Crippen LogP contribution >= 0.6 is 27.5 Å². The SMILES string of the molecule is CCOC(=O)C(C)(C)C(=O)NCCCNc1nc(Cl)ncc1Br. The van der Waals surface area contributed by atoms with Crippen LogP contribution in [0.5, 0.6) is 0 Å². The summed E-state index contributed by atoms with van der Waals surface area (Å²) in [6, 6.07) is 0. The van der Waals surface area contributed by atoms with E-state index in [4.69, 9.17) is 16.3 Å². The number of aromatic nitrogens is 2. The number of halogens is 2. The first kappa shape index (κ1) is 19.6. The zero-order valence-electron chi connectivity index (χ0n) is 13.3. The Balaban J connectivity index is 2.35. The van der Waals surface area contributed by atoms with Crippen LogP contribution in [0.1, 0.15) is 27.2 Å². The minimum absolute atomic E-state index is 0.153. The van der Waals surface area contributed by atoms with Gasteiger partial charge < -0.3 is 15.4 Å². The molecule has 0 aliphatic heterocycles. The number of hydrogen-bond acceptors (Lipinski definition) is 6. The van der Waals surface area contributed by atoms with Crippen molar-refractivity contribution < 1.29 is 14.3 Å². The van der Waals surface area contributed by atoms with Gasteiger partial charge >= 0.3 is 5.97 Å². The summed E-state index contributed by atoms with van der Waals surface area (Å²) in [5.74, 6) is -0.305. The zero-order valence-corrected chi connectivity index (χ0v) is 15.6. The number of rotatable bonds is 8. The number of hydrogen-bond donors (Lipinski definition) is 2. The molecular weight excluding hydrogens is 388 g/mol. The topological polar surface area (TPSA) is 93.2 Å². The molecule has 2 N–H and O–H groups in total. The van der Waals surface area contributed by atoms with Crippen LogP contribution in [0, 0.1) is 5.41 Å². The lowest BCUT2D eigenvalue weighted by Crippen LogP contribution is -2.43. The maximum absolute atomic E-state index is 12.0. The summed E-state index contributed by atoms with van der Waals surface area (Å²) < 4.78 is 5.60. The lowest BCUT2D eigenvalue weighted by Gasteiger charge is -2.21. The summed E-state index contributed by atoms with van der Waals surface area (Å²) in [6.07, 6.45) is 2.21. The number of esters is 1. The predicted octanol–water partition coefficient (Wildman–Crippen LogP) is 2.40. The van der Waals surface area contributed by atoms with Crippen molar-refractivity contribution in [2.75, 3.05) is 25.0 Å². The van der Waals surface area contributed by atoms with Crippen molar-refractivity contribution in [2.24, 2.45) is 5.41 Å². The molecule has 23 heavy (non-hydrogen) atoms. The molecule has 0 aromatic carbocycles. The van der Waals surface area contributed by atoms with Gasteiger partial charge in [0.05, 0.1) is 11.1 Å². The Morgan fingerprint density at radius 2 is 2.09 bits per heavy atom. The molecule has 7 nitrogen and oxygen atoms in total. The average molecular weight is 408 g/mol. The van der Waals surface area contributed by atoms with Gasteiger partial charge in [-0.2, -0.15) is 4.98 Å². The van der Waals surface area contributed by atoms with Crippen LogP contribution in [0.2, 0.25) is 5.28 Å². The molecule has 0 saturated heterocycles. The molecular formula is C14H20BrClN4O3. The van der Waals surface area contributed by atoms with Gasteiger partial charge in [0.25, 0.3) is 0 Å². The molecule has 0 aliphatic rings. The highest BCUT2D eigenvalue weighted by atomic mass is 79.9. The van der Waals surface area contributed by atoms with Crippen molar-refractivity contribution in [1.29, 1.82) is 0 Å². The van der Waals surface area contributed by atoms with Crippen LogP contribution in [0.4, 0.5) is 5.82 Å². The molecule has 1 rings (SSSR count). The van der Waals surface area contributed by atoms with Gasteiger partial charge in [0.1, 0.15) is 11.2 Å². The van der Waals surface area contributed by atoms with Gasteiger partial charge in [-0.15, -0.1) is 0 Å². The quantitative estimate of drug-likeness (QED) is 0.297. The first-order valence-corrected chi connectivity index (χ1v) is 8.33. The molecule has 1 heterocycles. The molecule has 9 heteroatoms. The van der Waals surface area contributed by atoms with Crippen LogP contribution in [-0.4, -0.2) is 41.5 Å². The monoisotopic (exact) mass is 406 g/mol. The largest absolute Gasteiger partial charge is 0.465 e. The number of carbonyl (C=O) groups is 2. The number of ether oxygens (including phenoxy) is 1. The van der Waals surface area contributed by atoms with Crippen molar-refractivity contribution in [3.8, 4) is 0 Å². The Hall–Kier alpha value is -1.41. The van der Waals surface area contributed by atoms with Crippen molar-refractivity contribution >= 4 is 45.2 Å². The minimum atomic E-state index is -1.20.